The molecule has 0 spiro atoms. The Balaban J connectivity index is 1.52. The first kappa shape index (κ1) is 19.6. The lowest BCUT2D eigenvalue weighted by molar-refractivity contribution is 0.240. The van der Waals surface area contributed by atoms with Gasteiger partial charge in [-0.2, -0.15) is 0 Å². The van der Waals surface area contributed by atoms with Crippen molar-refractivity contribution in [2.75, 3.05) is 18.4 Å². The summed E-state index contributed by atoms with van der Waals surface area (Å²) >= 11 is 0. The fourth-order valence-corrected chi connectivity index (χ4v) is 3.78. The van der Waals surface area contributed by atoms with E-state index in [1.54, 1.807) is 16.8 Å². The number of hydrogen-bond acceptors (Lipinski definition) is 5. The predicted molar refractivity (Wildman–Crippen MR) is 110 cm³/mol. The largest absolute Gasteiger partial charge is 0.361 e. The fraction of sp³-hybridized carbons (Fsp3) is 0.286. The van der Waals surface area contributed by atoms with Gasteiger partial charge in [-0.3, -0.25) is 4.40 Å². The number of aromatic nitrogens is 5. The number of imidazole rings is 2. The highest BCUT2D eigenvalue weighted by molar-refractivity contribution is 5.68. The SMILES string of the molecule is Cc1ncc(-c2ccn3c(-c4nc(N[C@H]5CNCC[C@@H]5F)c(F)cc4F)cnc3c2)[nH]1. The molecule has 2 atom stereocenters. The highest BCUT2D eigenvalue weighted by Gasteiger charge is 2.26. The standard InChI is InChI=1S/C21H20F3N7/c1-11-26-9-16(28-11)12-3-5-31-18(10-27-19(31)6-12)20-14(23)7-15(24)21(30-20)29-17-8-25-4-2-13(17)22/h3,5-7,9-10,13,17,25H,2,4,8H2,1H3,(H,26,28)(H,29,30)/t13-,17-/m0/s1. The minimum Gasteiger partial charge on any atom is -0.361 e. The van der Waals surface area contributed by atoms with E-state index in [1.165, 1.54) is 6.20 Å². The number of H-pyrrole nitrogens is 1. The number of fused-ring (bicyclic) bond motifs is 1. The second-order valence-electron chi connectivity index (χ2n) is 7.58. The minimum absolute atomic E-state index is 0.0688. The molecule has 1 fully saturated rings. The molecule has 31 heavy (non-hydrogen) atoms. The minimum atomic E-state index is -1.14. The fourth-order valence-electron chi connectivity index (χ4n) is 3.78. The van der Waals surface area contributed by atoms with Crippen LogP contribution in [0.5, 0.6) is 0 Å². The molecule has 0 radical (unpaired) electrons. The molecule has 0 amide bonds. The van der Waals surface area contributed by atoms with Crippen LogP contribution < -0.4 is 10.6 Å². The first-order valence-corrected chi connectivity index (χ1v) is 9.96. The molecule has 0 unspecified atom stereocenters. The number of nitrogens with zero attached hydrogens (tertiary/aromatic N) is 4. The molecule has 5 rings (SSSR count). The first-order chi connectivity index (χ1) is 15.0. The Kier molecular flexibility index (Phi) is 4.85. The Bertz CT molecular complexity index is 1250. The highest BCUT2D eigenvalue weighted by Crippen LogP contribution is 2.28. The van der Waals surface area contributed by atoms with E-state index in [-0.39, 0.29) is 11.5 Å². The van der Waals surface area contributed by atoms with Gasteiger partial charge in [0.15, 0.2) is 17.5 Å². The number of halogens is 3. The van der Waals surface area contributed by atoms with E-state index in [2.05, 4.69) is 30.6 Å². The number of anilines is 1. The van der Waals surface area contributed by atoms with Crippen molar-refractivity contribution in [2.45, 2.75) is 25.6 Å². The quantitative estimate of drug-likeness (QED) is 0.465. The van der Waals surface area contributed by atoms with Crippen molar-refractivity contribution >= 4 is 11.5 Å². The number of hydrogen-bond donors (Lipinski definition) is 3. The highest BCUT2D eigenvalue weighted by atomic mass is 19.1. The number of nitrogens with one attached hydrogen (secondary N) is 3. The molecule has 4 aromatic heterocycles. The van der Waals surface area contributed by atoms with E-state index >= 15 is 0 Å². The monoisotopic (exact) mass is 427 g/mol. The van der Waals surface area contributed by atoms with Crippen molar-refractivity contribution in [3.8, 4) is 22.6 Å². The zero-order valence-electron chi connectivity index (χ0n) is 16.7. The molecular weight excluding hydrogens is 407 g/mol. The Morgan fingerprint density at radius 3 is 2.81 bits per heavy atom. The summed E-state index contributed by atoms with van der Waals surface area (Å²) in [6.45, 7) is 2.76. The lowest BCUT2D eigenvalue weighted by Gasteiger charge is -2.28. The molecule has 4 aromatic rings. The van der Waals surface area contributed by atoms with Crippen molar-refractivity contribution in [1.29, 1.82) is 0 Å². The molecule has 1 aliphatic heterocycles. The van der Waals surface area contributed by atoms with E-state index in [9.17, 15) is 13.2 Å². The predicted octanol–water partition coefficient (Wildman–Crippen LogP) is 3.48. The van der Waals surface area contributed by atoms with Gasteiger partial charge in [-0.25, -0.2) is 28.1 Å². The van der Waals surface area contributed by atoms with Crippen LogP contribution in [0, 0.1) is 18.6 Å². The molecule has 1 aliphatic rings. The zero-order valence-corrected chi connectivity index (χ0v) is 16.7. The lowest BCUT2D eigenvalue weighted by Crippen LogP contribution is -2.46. The molecule has 160 valence electrons. The van der Waals surface area contributed by atoms with Crippen molar-refractivity contribution in [3.63, 3.8) is 0 Å². The maximum atomic E-state index is 14.7. The number of aromatic amines is 1. The Labute approximate surface area is 175 Å². The van der Waals surface area contributed by atoms with Crippen LogP contribution in [-0.4, -0.2) is 49.6 Å². The van der Waals surface area contributed by atoms with Gasteiger partial charge in [0, 0.05) is 24.4 Å². The van der Waals surface area contributed by atoms with Crippen LogP contribution in [0.2, 0.25) is 0 Å². The number of aryl methyl sites for hydroxylation is 1. The summed E-state index contributed by atoms with van der Waals surface area (Å²) in [5.74, 6) is -1.09. The normalized spacial score (nSPS) is 19.1. The Morgan fingerprint density at radius 2 is 2.03 bits per heavy atom. The van der Waals surface area contributed by atoms with E-state index in [4.69, 9.17) is 0 Å². The van der Waals surface area contributed by atoms with Crippen LogP contribution in [-0.2, 0) is 0 Å². The number of alkyl halides is 1. The van der Waals surface area contributed by atoms with Crippen LogP contribution in [0.1, 0.15) is 12.2 Å². The second-order valence-corrected chi connectivity index (χ2v) is 7.58. The average molecular weight is 427 g/mol. The van der Waals surface area contributed by atoms with Crippen LogP contribution >= 0.6 is 0 Å². The molecule has 5 heterocycles. The van der Waals surface area contributed by atoms with Gasteiger partial charge in [0.05, 0.1) is 29.8 Å². The molecule has 0 bridgehead atoms. The van der Waals surface area contributed by atoms with Gasteiger partial charge in [-0.1, -0.05) is 0 Å². The number of piperidine rings is 1. The van der Waals surface area contributed by atoms with Crippen molar-refractivity contribution < 1.29 is 13.2 Å². The zero-order chi connectivity index (χ0) is 21.5. The smallest absolute Gasteiger partial charge is 0.168 e. The topological polar surface area (TPSA) is 82.9 Å². The maximum absolute atomic E-state index is 14.7. The number of rotatable bonds is 4. The molecule has 0 saturated carbocycles. The van der Waals surface area contributed by atoms with Crippen molar-refractivity contribution in [3.05, 3.63) is 54.2 Å². The van der Waals surface area contributed by atoms with Crippen molar-refractivity contribution in [1.82, 2.24) is 29.7 Å². The van der Waals surface area contributed by atoms with Crippen LogP contribution in [0.3, 0.4) is 0 Å². The van der Waals surface area contributed by atoms with Crippen LogP contribution in [0.15, 0.2) is 36.8 Å². The molecule has 7 nitrogen and oxygen atoms in total. The van der Waals surface area contributed by atoms with E-state index in [0.29, 0.717) is 30.9 Å². The maximum Gasteiger partial charge on any atom is 0.168 e. The summed E-state index contributed by atoms with van der Waals surface area (Å²) in [6, 6.07) is 3.79. The van der Waals surface area contributed by atoms with E-state index < -0.39 is 23.8 Å². The Morgan fingerprint density at radius 1 is 1.16 bits per heavy atom. The summed E-state index contributed by atoms with van der Waals surface area (Å²) < 4.78 is 44.8. The second kappa shape index (κ2) is 7.69. The average Bonchev–Trinajstić information content (AvgIpc) is 3.37. The van der Waals surface area contributed by atoms with Gasteiger partial charge in [0.2, 0.25) is 0 Å². The van der Waals surface area contributed by atoms with Gasteiger partial charge >= 0.3 is 0 Å². The molecule has 1 saturated heterocycles. The van der Waals surface area contributed by atoms with E-state index in [0.717, 1.165) is 23.1 Å². The third kappa shape index (κ3) is 3.63. The molecule has 0 aliphatic carbocycles. The van der Waals surface area contributed by atoms with Gasteiger partial charge in [0.25, 0.3) is 0 Å². The van der Waals surface area contributed by atoms with Gasteiger partial charge in [-0.15, -0.1) is 0 Å². The van der Waals surface area contributed by atoms with Gasteiger partial charge in [0.1, 0.15) is 23.3 Å². The molecule has 0 aromatic carbocycles. The molecule has 10 heteroatoms. The number of pyridine rings is 2. The van der Waals surface area contributed by atoms with Crippen LogP contribution in [0.25, 0.3) is 28.3 Å². The van der Waals surface area contributed by atoms with Crippen molar-refractivity contribution in [2.24, 2.45) is 0 Å². The van der Waals surface area contributed by atoms with Gasteiger partial charge < -0.3 is 15.6 Å². The molecular formula is C21H20F3N7. The summed E-state index contributed by atoms with van der Waals surface area (Å²) in [7, 11) is 0. The third-order valence-corrected chi connectivity index (χ3v) is 5.42. The Hall–Kier alpha value is -3.40. The summed E-state index contributed by atoms with van der Waals surface area (Å²) in [5, 5.41) is 5.83. The van der Waals surface area contributed by atoms with E-state index in [1.807, 2.05) is 19.1 Å². The summed E-state index contributed by atoms with van der Waals surface area (Å²) in [6.07, 6.45) is 4.12. The third-order valence-electron chi connectivity index (χ3n) is 5.42. The van der Waals surface area contributed by atoms with Crippen LogP contribution in [0.4, 0.5) is 19.0 Å². The van der Waals surface area contributed by atoms with Gasteiger partial charge in [-0.05, 0) is 32.0 Å². The lowest BCUT2D eigenvalue weighted by atomic mass is 10.1. The summed E-state index contributed by atoms with van der Waals surface area (Å²) in [4.78, 5) is 15.8. The molecule has 3 N–H and O–H groups in total. The first-order valence-electron chi connectivity index (χ1n) is 9.96. The summed E-state index contributed by atoms with van der Waals surface area (Å²) in [5.41, 5.74) is 2.57.